The minimum absolute atomic E-state index is 0.0662. The number of fused-ring (bicyclic) bond motifs is 1. The van der Waals surface area contributed by atoms with Gasteiger partial charge in [0.15, 0.2) is 5.82 Å². The summed E-state index contributed by atoms with van der Waals surface area (Å²) < 4.78 is 0. The van der Waals surface area contributed by atoms with Crippen LogP contribution < -0.4 is 5.32 Å². The Morgan fingerprint density at radius 2 is 1.79 bits per heavy atom. The standard InChI is InChI=1S/C15H13N3O/c19-14(10-11-6-2-1-3-7-11)16-15-12-8-4-5-9-13(12)17-18-15/h1-9H,10H2,(H2,16,17,18,19). The first-order valence-electron chi connectivity index (χ1n) is 6.10. The summed E-state index contributed by atoms with van der Waals surface area (Å²) in [5.74, 6) is 0.514. The fourth-order valence-electron chi connectivity index (χ4n) is 2.02. The second kappa shape index (κ2) is 4.94. The van der Waals surface area contributed by atoms with Crippen LogP contribution in [0.5, 0.6) is 0 Å². The molecular weight excluding hydrogens is 238 g/mol. The van der Waals surface area contributed by atoms with Crippen molar-refractivity contribution in [1.29, 1.82) is 0 Å². The summed E-state index contributed by atoms with van der Waals surface area (Å²) in [7, 11) is 0. The number of nitrogens with zero attached hydrogens (tertiary/aromatic N) is 1. The van der Waals surface area contributed by atoms with Crippen LogP contribution in [0.3, 0.4) is 0 Å². The molecule has 0 atom stereocenters. The van der Waals surface area contributed by atoms with Crippen LogP contribution in [0.4, 0.5) is 5.82 Å². The molecular formula is C15H13N3O. The first-order chi connectivity index (χ1) is 9.33. The summed E-state index contributed by atoms with van der Waals surface area (Å²) in [4.78, 5) is 12.0. The van der Waals surface area contributed by atoms with Crippen molar-refractivity contribution in [2.24, 2.45) is 0 Å². The number of anilines is 1. The largest absolute Gasteiger partial charge is 0.308 e. The molecule has 0 unspecified atom stereocenters. The van der Waals surface area contributed by atoms with Crippen LogP contribution in [-0.2, 0) is 11.2 Å². The van der Waals surface area contributed by atoms with Gasteiger partial charge in [-0.15, -0.1) is 0 Å². The Balaban J connectivity index is 1.76. The lowest BCUT2D eigenvalue weighted by Gasteiger charge is -2.02. The van der Waals surface area contributed by atoms with Gasteiger partial charge in [-0.2, -0.15) is 5.10 Å². The van der Waals surface area contributed by atoms with Crippen molar-refractivity contribution < 1.29 is 4.79 Å². The van der Waals surface area contributed by atoms with Crippen molar-refractivity contribution in [3.05, 3.63) is 60.2 Å². The molecule has 4 heteroatoms. The fraction of sp³-hybridized carbons (Fsp3) is 0.0667. The van der Waals surface area contributed by atoms with Crippen LogP contribution in [0.25, 0.3) is 10.9 Å². The van der Waals surface area contributed by atoms with Gasteiger partial charge < -0.3 is 5.32 Å². The van der Waals surface area contributed by atoms with Crippen molar-refractivity contribution in [3.63, 3.8) is 0 Å². The Labute approximate surface area is 110 Å². The Kier molecular flexibility index (Phi) is 2.98. The molecule has 0 fully saturated rings. The number of aromatic nitrogens is 2. The van der Waals surface area contributed by atoms with E-state index in [0.29, 0.717) is 12.2 Å². The molecule has 1 aromatic heterocycles. The number of aromatic amines is 1. The highest BCUT2D eigenvalue weighted by atomic mass is 16.1. The number of benzene rings is 2. The molecule has 0 saturated carbocycles. The van der Waals surface area contributed by atoms with E-state index in [9.17, 15) is 4.79 Å². The molecule has 4 nitrogen and oxygen atoms in total. The second-order valence-corrected chi connectivity index (χ2v) is 4.33. The van der Waals surface area contributed by atoms with E-state index in [-0.39, 0.29) is 5.91 Å². The van der Waals surface area contributed by atoms with Crippen LogP contribution in [0.1, 0.15) is 5.56 Å². The van der Waals surface area contributed by atoms with Gasteiger partial charge in [-0.3, -0.25) is 9.89 Å². The summed E-state index contributed by atoms with van der Waals surface area (Å²) in [5.41, 5.74) is 1.90. The highest BCUT2D eigenvalue weighted by Gasteiger charge is 2.09. The molecule has 94 valence electrons. The Morgan fingerprint density at radius 1 is 1.05 bits per heavy atom. The van der Waals surface area contributed by atoms with Gasteiger partial charge in [-0.05, 0) is 17.7 Å². The smallest absolute Gasteiger partial charge is 0.230 e. The maximum Gasteiger partial charge on any atom is 0.230 e. The first kappa shape index (κ1) is 11.5. The van der Waals surface area contributed by atoms with Gasteiger partial charge in [-0.25, -0.2) is 0 Å². The predicted molar refractivity (Wildman–Crippen MR) is 74.9 cm³/mol. The number of rotatable bonds is 3. The van der Waals surface area contributed by atoms with Gasteiger partial charge in [0.2, 0.25) is 5.91 Å². The summed E-state index contributed by atoms with van der Waals surface area (Å²) in [5, 5.41) is 10.8. The molecule has 0 aliphatic heterocycles. The molecule has 0 bridgehead atoms. The molecule has 0 aliphatic rings. The van der Waals surface area contributed by atoms with Crippen LogP contribution in [0.15, 0.2) is 54.6 Å². The third-order valence-corrected chi connectivity index (χ3v) is 2.94. The molecule has 1 heterocycles. The number of nitrogens with one attached hydrogen (secondary N) is 2. The van der Waals surface area contributed by atoms with E-state index in [1.807, 2.05) is 54.6 Å². The van der Waals surface area contributed by atoms with Crippen molar-refractivity contribution in [2.45, 2.75) is 6.42 Å². The number of carbonyl (C=O) groups is 1. The third-order valence-electron chi connectivity index (χ3n) is 2.94. The van der Waals surface area contributed by atoms with Crippen LogP contribution in [0.2, 0.25) is 0 Å². The van der Waals surface area contributed by atoms with Crippen LogP contribution >= 0.6 is 0 Å². The van der Waals surface area contributed by atoms with Gasteiger partial charge in [0.1, 0.15) is 0 Å². The maximum atomic E-state index is 12.0. The lowest BCUT2D eigenvalue weighted by molar-refractivity contribution is -0.115. The van der Waals surface area contributed by atoms with E-state index >= 15 is 0 Å². The normalized spacial score (nSPS) is 10.5. The van der Waals surface area contributed by atoms with Gasteiger partial charge in [0.05, 0.1) is 11.9 Å². The van der Waals surface area contributed by atoms with E-state index in [1.54, 1.807) is 0 Å². The SMILES string of the molecule is O=C(Cc1ccccc1)Nc1n[nH]c2ccccc12. The van der Waals surface area contributed by atoms with E-state index in [2.05, 4.69) is 15.5 Å². The fourth-order valence-corrected chi connectivity index (χ4v) is 2.02. The number of H-pyrrole nitrogens is 1. The lowest BCUT2D eigenvalue weighted by atomic mass is 10.1. The van der Waals surface area contributed by atoms with E-state index in [1.165, 1.54) is 0 Å². The van der Waals surface area contributed by atoms with Gasteiger partial charge in [0.25, 0.3) is 0 Å². The Bertz CT molecular complexity index is 703. The zero-order valence-corrected chi connectivity index (χ0v) is 10.3. The molecule has 3 aromatic rings. The van der Waals surface area contributed by atoms with Crippen molar-refractivity contribution in [1.82, 2.24) is 10.2 Å². The summed E-state index contributed by atoms with van der Waals surface area (Å²) in [6, 6.07) is 17.3. The summed E-state index contributed by atoms with van der Waals surface area (Å²) in [6.07, 6.45) is 0.349. The highest BCUT2D eigenvalue weighted by molar-refractivity contribution is 6.00. The van der Waals surface area contributed by atoms with Gasteiger partial charge in [-0.1, -0.05) is 42.5 Å². The van der Waals surface area contributed by atoms with E-state index in [4.69, 9.17) is 0 Å². The molecule has 0 radical (unpaired) electrons. The zero-order valence-electron chi connectivity index (χ0n) is 10.3. The van der Waals surface area contributed by atoms with Crippen molar-refractivity contribution in [2.75, 3.05) is 5.32 Å². The van der Waals surface area contributed by atoms with Crippen molar-refractivity contribution in [3.8, 4) is 0 Å². The quantitative estimate of drug-likeness (QED) is 0.752. The minimum atomic E-state index is -0.0662. The van der Waals surface area contributed by atoms with Crippen LogP contribution in [-0.4, -0.2) is 16.1 Å². The first-order valence-corrected chi connectivity index (χ1v) is 6.10. The number of para-hydroxylation sites is 1. The van der Waals surface area contributed by atoms with Gasteiger partial charge >= 0.3 is 0 Å². The third kappa shape index (κ3) is 2.47. The number of hydrogen-bond acceptors (Lipinski definition) is 2. The zero-order chi connectivity index (χ0) is 13.1. The number of hydrogen-bond donors (Lipinski definition) is 2. The monoisotopic (exact) mass is 251 g/mol. The Hall–Kier alpha value is -2.62. The van der Waals surface area contributed by atoms with E-state index < -0.39 is 0 Å². The molecule has 2 aromatic carbocycles. The molecule has 19 heavy (non-hydrogen) atoms. The average molecular weight is 251 g/mol. The van der Waals surface area contributed by atoms with Crippen molar-refractivity contribution >= 4 is 22.6 Å². The van der Waals surface area contributed by atoms with Gasteiger partial charge in [0, 0.05) is 5.39 Å². The molecule has 2 N–H and O–H groups in total. The number of amides is 1. The molecule has 0 saturated heterocycles. The lowest BCUT2D eigenvalue weighted by Crippen LogP contribution is -2.14. The average Bonchev–Trinajstić information content (AvgIpc) is 2.83. The van der Waals surface area contributed by atoms with Crippen LogP contribution in [0, 0.1) is 0 Å². The topological polar surface area (TPSA) is 57.8 Å². The van der Waals surface area contributed by atoms with E-state index in [0.717, 1.165) is 16.5 Å². The molecule has 1 amide bonds. The molecule has 0 spiro atoms. The second-order valence-electron chi connectivity index (χ2n) is 4.33. The molecule has 3 rings (SSSR count). The molecule has 0 aliphatic carbocycles. The minimum Gasteiger partial charge on any atom is -0.308 e. The Morgan fingerprint density at radius 3 is 2.63 bits per heavy atom. The maximum absolute atomic E-state index is 12.0. The highest BCUT2D eigenvalue weighted by Crippen LogP contribution is 2.19. The summed E-state index contributed by atoms with van der Waals surface area (Å²) >= 11 is 0. The predicted octanol–water partition coefficient (Wildman–Crippen LogP) is 2.74. The summed E-state index contributed by atoms with van der Waals surface area (Å²) in [6.45, 7) is 0. The number of carbonyl (C=O) groups excluding carboxylic acids is 1.